The number of carbonyl (C=O) groups excluding carboxylic acids is 1. The minimum atomic E-state index is -0.503. The molecule has 1 aliphatic heterocycles. The molecule has 1 fully saturated rings. The van der Waals surface area contributed by atoms with Crippen molar-refractivity contribution in [2.24, 2.45) is 5.92 Å². The molecule has 1 aliphatic rings. The first-order valence-corrected chi connectivity index (χ1v) is 6.96. The van der Waals surface area contributed by atoms with Crippen molar-refractivity contribution in [2.75, 3.05) is 20.5 Å². The maximum absolute atomic E-state index is 11.8. The van der Waals surface area contributed by atoms with Gasteiger partial charge in [-0.05, 0) is 26.7 Å². The van der Waals surface area contributed by atoms with E-state index in [1.165, 1.54) is 0 Å². The van der Waals surface area contributed by atoms with Crippen LogP contribution in [-0.2, 0) is 18.9 Å². The Bertz CT molecular complexity index is 313. The van der Waals surface area contributed by atoms with Gasteiger partial charge in [0.05, 0.1) is 12.6 Å². The fourth-order valence-corrected chi connectivity index (χ4v) is 1.93. The summed E-state index contributed by atoms with van der Waals surface area (Å²) in [6.07, 6.45) is -0.435. The second-order valence-corrected chi connectivity index (χ2v) is 6.33. The van der Waals surface area contributed by atoms with Gasteiger partial charge in [0, 0.05) is 7.11 Å². The van der Waals surface area contributed by atoms with Crippen LogP contribution in [0.15, 0.2) is 0 Å². The van der Waals surface area contributed by atoms with Crippen LogP contribution in [0.25, 0.3) is 0 Å². The van der Waals surface area contributed by atoms with E-state index in [4.69, 9.17) is 18.9 Å². The zero-order valence-electron chi connectivity index (χ0n) is 13.3. The molecule has 0 radical (unpaired) electrons. The largest absolute Gasteiger partial charge is 0.444 e. The average molecular weight is 289 g/mol. The lowest BCUT2D eigenvalue weighted by atomic mass is 9.99. The van der Waals surface area contributed by atoms with E-state index in [2.05, 4.69) is 5.32 Å². The monoisotopic (exact) mass is 289 g/mol. The molecule has 6 nitrogen and oxygen atoms in total. The van der Waals surface area contributed by atoms with Crippen molar-refractivity contribution in [3.05, 3.63) is 0 Å². The van der Waals surface area contributed by atoms with E-state index in [0.29, 0.717) is 6.61 Å². The maximum atomic E-state index is 11.8. The van der Waals surface area contributed by atoms with Crippen LogP contribution in [0, 0.1) is 5.92 Å². The van der Waals surface area contributed by atoms with Crippen LogP contribution in [0.5, 0.6) is 0 Å². The molecular weight excluding hydrogens is 262 g/mol. The number of alkyl carbamates (subject to hydrolysis) is 1. The van der Waals surface area contributed by atoms with Gasteiger partial charge in [0.1, 0.15) is 24.6 Å². The van der Waals surface area contributed by atoms with E-state index >= 15 is 0 Å². The van der Waals surface area contributed by atoms with Crippen LogP contribution in [0.4, 0.5) is 4.79 Å². The molecule has 0 saturated carbocycles. The molecule has 0 bridgehead atoms. The van der Waals surface area contributed by atoms with Crippen LogP contribution in [0.3, 0.4) is 0 Å². The number of amides is 1. The molecule has 0 aromatic heterocycles. The highest BCUT2D eigenvalue weighted by atomic mass is 16.7. The zero-order chi connectivity index (χ0) is 15.3. The molecular formula is C14H27NO5. The van der Waals surface area contributed by atoms with Crippen molar-refractivity contribution in [1.29, 1.82) is 0 Å². The second-order valence-electron chi connectivity index (χ2n) is 6.33. The molecule has 0 aliphatic carbocycles. The third-order valence-corrected chi connectivity index (χ3v) is 2.86. The van der Waals surface area contributed by atoms with Crippen molar-refractivity contribution < 1.29 is 23.7 Å². The summed E-state index contributed by atoms with van der Waals surface area (Å²) in [5, 5.41) is 2.88. The lowest BCUT2D eigenvalue weighted by molar-refractivity contribution is -0.0352. The molecule has 20 heavy (non-hydrogen) atoms. The van der Waals surface area contributed by atoms with Crippen LogP contribution in [0.1, 0.15) is 34.6 Å². The number of ether oxygens (including phenoxy) is 4. The van der Waals surface area contributed by atoms with Gasteiger partial charge in [-0.2, -0.15) is 0 Å². The third-order valence-electron chi connectivity index (χ3n) is 2.86. The van der Waals surface area contributed by atoms with Gasteiger partial charge in [-0.1, -0.05) is 13.8 Å². The number of nitrogens with one attached hydrogen (secondary N) is 1. The zero-order valence-corrected chi connectivity index (χ0v) is 13.3. The maximum Gasteiger partial charge on any atom is 0.407 e. The summed E-state index contributed by atoms with van der Waals surface area (Å²) >= 11 is 0. The van der Waals surface area contributed by atoms with Crippen molar-refractivity contribution in [3.8, 4) is 0 Å². The highest BCUT2D eigenvalue weighted by molar-refractivity contribution is 5.68. The molecule has 0 aromatic carbocycles. The summed E-state index contributed by atoms with van der Waals surface area (Å²) in [6.45, 7) is 10.3. The number of epoxide rings is 1. The smallest absolute Gasteiger partial charge is 0.407 e. The molecule has 1 amide bonds. The predicted octanol–water partition coefficient (Wildman–Crippen LogP) is 1.92. The Morgan fingerprint density at radius 2 is 2.00 bits per heavy atom. The van der Waals surface area contributed by atoms with Gasteiger partial charge in [0.25, 0.3) is 0 Å². The predicted molar refractivity (Wildman–Crippen MR) is 74.5 cm³/mol. The Morgan fingerprint density at radius 1 is 1.35 bits per heavy atom. The summed E-state index contributed by atoms with van der Waals surface area (Å²) in [5.74, 6) is 0.250. The lowest BCUT2D eigenvalue weighted by Gasteiger charge is -2.25. The first-order valence-electron chi connectivity index (χ1n) is 6.96. The van der Waals surface area contributed by atoms with E-state index in [1.54, 1.807) is 7.11 Å². The van der Waals surface area contributed by atoms with Crippen molar-refractivity contribution in [3.63, 3.8) is 0 Å². The van der Waals surface area contributed by atoms with E-state index in [0.717, 1.165) is 0 Å². The minimum Gasteiger partial charge on any atom is -0.444 e. The van der Waals surface area contributed by atoms with Gasteiger partial charge >= 0.3 is 6.09 Å². The summed E-state index contributed by atoms with van der Waals surface area (Å²) in [4.78, 5) is 11.8. The van der Waals surface area contributed by atoms with Gasteiger partial charge in [0.15, 0.2) is 0 Å². The van der Waals surface area contributed by atoms with Crippen molar-refractivity contribution in [2.45, 2.75) is 58.5 Å². The normalized spacial score (nSPS) is 23.6. The van der Waals surface area contributed by atoms with Gasteiger partial charge in [0.2, 0.25) is 0 Å². The quantitative estimate of drug-likeness (QED) is 0.440. The van der Waals surface area contributed by atoms with E-state index < -0.39 is 11.7 Å². The number of carbonyl (C=O) groups is 1. The van der Waals surface area contributed by atoms with Gasteiger partial charge in [-0.15, -0.1) is 0 Å². The first kappa shape index (κ1) is 17.2. The number of hydrogen-bond donors (Lipinski definition) is 1. The van der Waals surface area contributed by atoms with Crippen LogP contribution < -0.4 is 5.32 Å². The second kappa shape index (κ2) is 7.24. The van der Waals surface area contributed by atoms with Crippen LogP contribution in [-0.4, -0.2) is 50.5 Å². The molecule has 1 saturated heterocycles. The first-order chi connectivity index (χ1) is 9.24. The van der Waals surface area contributed by atoms with E-state index in [-0.39, 0.29) is 31.0 Å². The summed E-state index contributed by atoms with van der Waals surface area (Å²) in [5.41, 5.74) is -0.503. The van der Waals surface area contributed by atoms with Crippen LogP contribution in [0.2, 0.25) is 0 Å². The topological polar surface area (TPSA) is 69.3 Å². The molecule has 1 heterocycles. The fourth-order valence-electron chi connectivity index (χ4n) is 1.93. The summed E-state index contributed by atoms with van der Waals surface area (Å²) in [7, 11) is 1.58. The molecule has 118 valence electrons. The summed E-state index contributed by atoms with van der Waals surface area (Å²) in [6, 6.07) is -0.0824. The van der Waals surface area contributed by atoms with E-state index in [1.807, 2.05) is 34.6 Å². The Morgan fingerprint density at radius 3 is 2.50 bits per heavy atom. The Hall–Kier alpha value is -0.850. The fraction of sp³-hybridized carbons (Fsp3) is 0.929. The molecule has 0 spiro atoms. The van der Waals surface area contributed by atoms with Crippen LogP contribution >= 0.6 is 0 Å². The van der Waals surface area contributed by atoms with E-state index in [9.17, 15) is 4.79 Å². The third kappa shape index (κ3) is 6.07. The number of methoxy groups -OCH3 is 1. The summed E-state index contributed by atoms with van der Waals surface area (Å²) < 4.78 is 20.9. The SMILES string of the molecule is COCOC[C@@H]1O[C@@H]1[C@@H](NC(=O)OC(C)(C)C)C(C)C. The van der Waals surface area contributed by atoms with Gasteiger partial charge < -0.3 is 24.3 Å². The number of rotatable bonds is 7. The Kier molecular flexibility index (Phi) is 6.23. The standard InChI is InChI=1S/C14H27NO5/c1-9(2)11(15-13(16)20-14(3,4)5)12-10(19-12)7-18-8-17-6/h9-12H,7-8H2,1-6H3,(H,15,16)/t10-,11-,12-/m0/s1. The molecule has 1 rings (SSSR count). The molecule has 0 unspecified atom stereocenters. The molecule has 3 atom stereocenters. The number of hydrogen-bond acceptors (Lipinski definition) is 5. The highest BCUT2D eigenvalue weighted by Gasteiger charge is 2.47. The molecule has 0 aromatic rings. The average Bonchev–Trinajstić information content (AvgIpc) is 3.03. The Labute approximate surface area is 121 Å². The Balaban J connectivity index is 2.41. The lowest BCUT2D eigenvalue weighted by Crippen LogP contribution is -2.45. The molecule has 1 N–H and O–H groups in total. The van der Waals surface area contributed by atoms with Gasteiger partial charge in [-0.25, -0.2) is 4.79 Å². The van der Waals surface area contributed by atoms with Gasteiger partial charge in [-0.3, -0.25) is 0 Å². The highest BCUT2D eigenvalue weighted by Crippen LogP contribution is 2.29. The van der Waals surface area contributed by atoms with Crippen molar-refractivity contribution >= 4 is 6.09 Å². The minimum absolute atomic E-state index is 0.00693. The van der Waals surface area contributed by atoms with Crippen molar-refractivity contribution in [1.82, 2.24) is 5.32 Å². The molecule has 6 heteroatoms.